The molecule has 1 unspecified atom stereocenters. The molecule has 1 saturated carbocycles. The maximum atomic E-state index is 9.73. The first-order valence-corrected chi connectivity index (χ1v) is 7.68. The van der Waals surface area contributed by atoms with Gasteiger partial charge in [-0.1, -0.05) is 33.1 Å². The lowest BCUT2D eigenvalue weighted by Gasteiger charge is -2.26. The molecular formula is C15H31NO2. The van der Waals surface area contributed by atoms with Gasteiger partial charge in [-0.2, -0.15) is 0 Å². The third-order valence-corrected chi connectivity index (χ3v) is 3.90. The van der Waals surface area contributed by atoms with Gasteiger partial charge in [0.2, 0.25) is 0 Å². The Bertz CT molecular complexity index is 191. The van der Waals surface area contributed by atoms with Crippen molar-refractivity contribution in [2.45, 2.75) is 58.5 Å². The minimum atomic E-state index is -0.357. The highest BCUT2D eigenvalue weighted by molar-refractivity contribution is 4.72. The smallest absolute Gasteiger partial charge is 0.0897 e. The van der Waals surface area contributed by atoms with E-state index in [1.54, 1.807) is 0 Å². The molecule has 0 saturated heterocycles. The zero-order chi connectivity index (χ0) is 13.2. The van der Waals surface area contributed by atoms with Gasteiger partial charge in [-0.25, -0.2) is 0 Å². The molecule has 1 fully saturated rings. The fourth-order valence-electron chi connectivity index (χ4n) is 2.51. The van der Waals surface area contributed by atoms with E-state index in [-0.39, 0.29) is 6.10 Å². The van der Waals surface area contributed by atoms with Gasteiger partial charge in [0, 0.05) is 13.2 Å². The van der Waals surface area contributed by atoms with Gasteiger partial charge in [-0.15, -0.1) is 0 Å². The maximum Gasteiger partial charge on any atom is 0.0897 e. The summed E-state index contributed by atoms with van der Waals surface area (Å²) < 4.78 is 5.40. The van der Waals surface area contributed by atoms with Crippen molar-refractivity contribution in [1.29, 1.82) is 0 Å². The van der Waals surface area contributed by atoms with E-state index in [1.165, 1.54) is 25.7 Å². The highest BCUT2D eigenvalue weighted by Gasteiger charge is 2.17. The first-order chi connectivity index (χ1) is 8.72. The fraction of sp³-hybridized carbons (Fsp3) is 1.00. The van der Waals surface area contributed by atoms with Crippen LogP contribution in [0.25, 0.3) is 0 Å². The number of unbranched alkanes of at least 4 members (excludes halogenated alkanes) is 1. The first kappa shape index (κ1) is 15.9. The van der Waals surface area contributed by atoms with Crippen molar-refractivity contribution < 1.29 is 9.84 Å². The van der Waals surface area contributed by atoms with E-state index in [2.05, 4.69) is 19.2 Å². The Hall–Kier alpha value is -0.120. The molecule has 18 heavy (non-hydrogen) atoms. The van der Waals surface area contributed by atoms with Crippen LogP contribution < -0.4 is 5.32 Å². The van der Waals surface area contributed by atoms with Crippen molar-refractivity contribution in [3.05, 3.63) is 0 Å². The molecule has 0 aromatic carbocycles. The van der Waals surface area contributed by atoms with E-state index in [0.29, 0.717) is 13.2 Å². The Kier molecular flexibility index (Phi) is 8.64. The molecule has 3 heteroatoms. The van der Waals surface area contributed by atoms with Gasteiger partial charge in [0.05, 0.1) is 12.7 Å². The van der Waals surface area contributed by atoms with Crippen molar-refractivity contribution in [2.24, 2.45) is 11.8 Å². The second kappa shape index (κ2) is 9.76. The molecule has 0 amide bonds. The number of hydrogen-bond acceptors (Lipinski definition) is 3. The molecule has 0 aliphatic heterocycles. The second-order valence-electron chi connectivity index (χ2n) is 5.87. The number of hydrogen-bond donors (Lipinski definition) is 2. The monoisotopic (exact) mass is 257 g/mol. The van der Waals surface area contributed by atoms with Crippen molar-refractivity contribution in [3.8, 4) is 0 Å². The summed E-state index contributed by atoms with van der Waals surface area (Å²) in [5, 5.41) is 13.1. The summed E-state index contributed by atoms with van der Waals surface area (Å²) in [7, 11) is 0. The molecule has 0 aromatic rings. The number of aliphatic hydroxyl groups is 1. The summed E-state index contributed by atoms with van der Waals surface area (Å²) in [6.45, 7) is 7.45. The van der Waals surface area contributed by atoms with Gasteiger partial charge in [0.15, 0.2) is 0 Å². The summed E-state index contributed by atoms with van der Waals surface area (Å²) in [5.41, 5.74) is 0. The van der Waals surface area contributed by atoms with Crippen molar-refractivity contribution >= 4 is 0 Å². The van der Waals surface area contributed by atoms with Crippen molar-refractivity contribution in [3.63, 3.8) is 0 Å². The van der Waals surface area contributed by atoms with E-state index >= 15 is 0 Å². The van der Waals surface area contributed by atoms with Gasteiger partial charge in [-0.05, 0) is 37.6 Å². The normalized spacial score (nSPS) is 26.2. The molecule has 1 atom stereocenters. The Balaban J connectivity index is 1.93. The average Bonchev–Trinajstić information content (AvgIpc) is 2.37. The molecule has 3 nitrogen and oxygen atoms in total. The summed E-state index contributed by atoms with van der Waals surface area (Å²) in [5.74, 6) is 1.73. The zero-order valence-electron chi connectivity index (χ0n) is 12.2. The van der Waals surface area contributed by atoms with Crippen LogP contribution in [0.15, 0.2) is 0 Å². The summed E-state index contributed by atoms with van der Waals surface area (Å²) >= 11 is 0. The van der Waals surface area contributed by atoms with Crippen LogP contribution in [-0.4, -0.2) is 37.5 Å². The zero-order valence-corrected chi connectivity index (χ0v) is 12.2. The van der Waals surface area contributed by atoms with E-state index in [0.717, 1.165) is 37.8 Å². The predicted molar refractivity (Wildman–Crippen MR) is 75.7 cm³/mol. The first-order valence-electron chi connectivity index (χ1n) is 7.68. The van der Waals surface area contributed by atoms with Crippen molar-refractivity contribution in [2.75, 3.05) is 26.3 Å². The lowest BCUT2D eigenvalue weighted by molar-refractivity contribution is 0.0352. The van der Waals surface area contributed by atoms with E-state index in [1.807, 2.05) is 0 Å². The number of rotatable bonds is 9. The maximum absolute atomic E-state index is 9.73. The molecule has 2 N–H and O–H groups in total. The summed E-state index contributed by atoms with van der Waals surface area (Å²) in [6.07, 6.45) is 7.30. The van der Waals surface area contributed by atoms with E-state index < -0.39 is 0 Å². The minimum Gasteiger partial charge on any atom is -0.389 e. The van der Waals surface area contributed by atoms with Crippen LogP contribution in [0.4, 0.5) is 0 Å². The lowest BCUT2D eigenvalue weighted by atomic mass is 9.83. The molecular weight excluding hydrogens is 226 g/mol. The van der Waals surface area contributed by atoms with Crippen molar-refractivity contribution in [1.82, 2.24) is 5.32 Å². The topological polar surface area (TPSA) is 41.5 Å². The van der Waals surface area contributed by atoms with Crippen LogP contribution in [0.1, 0.15) is 52.4 Å². The highest BCUT2D eigenvalue weighted by atomic mass is 16.5. The quantitative estimate of drug-likeness (QED) is 0.624. The molecule has 0 heterocycles. The third-order valence-electron chi connectivity index (χ3n) is 3.90. The van der Waals surface area contributed by atoms with Gasteiger partial charge in [0.25, 0.3) is 0 Å². The largest absolute Gasteiger partial charge is 0.389 e. The predicted octanol–water partition coefficient (Wildman–Crippen LogP) is 2.58. The Morgan fingerprint density at radius 1 is 1.28 bits per heavy atom. The molecule has 0 radical (unpaired) electrons. The Morgan fingerprint density at radius 2 is 2.00 bits per heavy atom. The van der Waals surface area contributed by atoms with E-state index in [4.69, 9.17) is 4.74 Å². The average molecular weight is 257 g/mol. The lowest BCUT2D eigenvalue weighted by Crippen LogP contribution is -2.34. The standard InChI is InChI=1S/C15H31NO2/c1-3-4-9-18-12-15(17)11-16-10-14-7-5-13(2)6-8-14/h13-17H,3-12H2,1-2H3. The van der Waals surface area contributed by atoms with Crippen LogP contribution in [0.5, 0.6) is 0 Å². The SMILES string of the molecule is CCCCOCC(O)CNCC1CCC(C)CC1. The summed E-state index contributed by atoms with van der Waals surface area (Å²) in [4.78, 5) is 0. The van der Waals surface area contributed by atoms with Gasteiger partial charge >= 0.3 is 0 Å². The van der Waals surface area contributed by atoms with Crippen LogP contribution in [0.3, 0.4) is 0 Å². The molecule has 1 aliphatic rings. The van der Waals surface area contributed by atoms with Crippen LogP contribution in [0, 0.1) is 11.8 Å². The number of nitrogens with one attached hydrogen (secondary N) is 1. The number of ether oxygens (including phenoxy) is 1. The number of aliphatic hydroxyl groups excluding tert-OH is 1. The molecule has 0 bridgehead atoms. The van der Waals surface area contributed by atoms with Crippen LogP contribution in [0.2, 0.25) is 0 Å². The molecule has 0 aromatic heterocycles. The van der Waals surface area contributed by atoms with E-state index in [9.17, 15) is 5.11 Å². The highest BCUT2D eigenvalue weighted by Crippen LogP contribution is 2.27. The fourth-order valence-corrected chi connectivity index (χ4v) is 2.51. The van der Waals surface area contributed by atoms with Crippen LogP contribution >= 0.6 is 0 Å². The van der Waals surface area contributed by atoms with Gasteiger partial charge < -0.3 is 15.2 Å². The summed E-state index contributed by atoms with van der Waals surface area (Å²) in [6, 6.07) is 0. The third kappa shape index (κ3) is 7.34. The van der Waals surface area contributed by atoms with Gasteiger partial charge in [-0.3, -0.25) is 0 Å². The molecule has 1 aliphatic carbocycles. The van der Waals surface area contributed by atoms with Gasteiger partial charge in [0.1, 0.15) is 0 Å². The Labute approximate surface area is 112 Å². The van der Waals surface area contributed by atoms with Crippen LogP contribution in [-0.2, 0) is 4.74 Å². The minimum absolute atomic E-state index is 0.357. The second-order valence-corrected chi connectivity index (χ2v) is 5.87. The molecule has 0 spiro atoms. The molecule has 1 rings (SSSR count). The molecule has 108 valence electrons. The Morgan fingerprint density at radius 3 is 2.67 bits per heavy atom.